The molecule has 0 atom stereocenters. The third kappa shape index (κ3) is 3.16. The van der Waals surface area contributed by atoms with Gasteiger partial charge in [0.25, 0.3) is 0 Å². The normalized spacial score (nSPS) is 11.3. The van der Waals surface area contributed by atoms with Crippen LogP contribution in [0.5, 0.6) is 5.75 Å². The first-order valence-corrected chi connectivity index (χ1v) is 4.44. The Morgan fingerprint density at radius 2 is 1.94 bits per heavy atom. The second-order valence-corrected chi connectivity index (χ2v) is 3.37. The summed E-state index contributed by atoms with van der Waals surface area (Å²) < 4.78 is 40.1. The fraction of sp³-hybridized carbons (Fsp3) is 0.273. The van der Waals surface area contributed by atoms with E-state index in [1.807, 2.05) is 6.07 Å². The first kappa shape index (κ1) is 12.4. The van der Waals surface area contributed by atoms with Gasteiger partial charge in [0, 0.05) is 11.5 Å². The fourth-order valence-electron chi connectivity index (χ4n) is 1.20. The Bertz CT molecular complexity index is 418. The lowest BCUT2D eigenvalue weighted by Crippen LogP contribution is -2.18. The molecule has 85 valence electrons. The molecule has 1 aromatic rings. The third-order valence-electron chi connectivity index (χ3n) is 1.87. The van der Waals surface area contributed by atoms with Gasteiger partial charge in [0.05, 0.1) is 11.6 Å². The van der Waals surface area contributed by atoms with Crippen LogP contribution in [0.2, 0.25) is 0 Å². The van der Waals surface area contributed by atoms with Crippen LogP contribution in [0.15, 0.2) is 18.2 Å². The van der Waals surface area contributed by atoms with E-state index in [0.717, 1.165) is 6.07 Å². The highest BCUT2D eigenvalue weighted by Crippen LogP contribution is 2.31. The summed E-state index contributed by atoms with van der Waals surface area (Å²) in [4.78, 5) is 0. The zero-order valence-corrected chi connectivity index (χ0v) is 8.72. The predicted molar refractivity (Wildman–Crippen MR) is 51.5 cm³/mol. The molecule has 0 spiro atoms. The van der Waals surface area contributed by atoms with Gasteiger partial charge < -0.3 is 4.74 Å². The van der Waals surface area contributed by atoms with Crippen molar-refractivity contribution in [3.63, 3.8) is 0 Å². The Labute approximate surface area is 91.3 Å². The van der Waals surface area contributed by atoms with Crippen molar-refractivity contribution in [1.29, 1.82) is 5.26 Å². The van der Waals surface area contributed by atoms with Crippen molar-refractivity contribution in [3.05, 3.63) is 35.2 Å². The maximum atomic E-state index is 12.1. The molecule has 0 N–H and O–H groups in total. The highest BCUT2D eigenvalue weighted by Gasteiger charge is 2.32. The largest absolute Gasteiger partial charge is 0.573 e. The Hall–Kier alpha value is -1.70. The predicted octanol–water partition coefficient (Wildman–Crippen LogP) is 3.42. The number of alkyl halides is 3. The van der Waals surface area contributed by atoms with Gasteiger partial charge in [-0.2, -0.15) is 5.26 Å². The number of hydrogen-bond donors (Lipinski definition) is 0. The van der Waals surface area contributed by atoms with E-state index >= 15 is 0 Å². The van der Waals surface area contributed by atoms with E-state index in [1.165, 1.54) is 12.1 Å². The number of nitriles is 1. The van der Waals surface area contributed by atoms with Gasteiger partial charge in [0.15, 0.2) is 0 Å². The minimum absolute atomic E-state index is 0.286. The lowest BCUT2D eigenvalue weighted by Gasteiger charge is -2.15. The lowest BCUT2D eigenvalue weighted by atomic mass is 10.00. The molecule has 0 aliphatic heterocycles. The number of halogens is 3. The summed E-state index contributed by atoms with van der Waals surface area (Å²) in [5.41, 5.74) is 0.585. The summed E-state index contributed by atoms with van der Waals surface area (Å²) in [5.74, 6) is 0.364. The van der Waals surface area contributed by atoms with Crippen LogP contribution in [0.3, 0.4) is 0 Å². The zero-order chi connectivity index (χ0) is 12.3. The molecular formula is C11H9F3NO. The van der Waals surface area contributed by atoms with Crippen molar-refractivity contribution in [1.82, 2.24) is 0 Å². The van der Waals surface area contributed by atoms with Gasteiger partial charge in [-0.25, -0.2) is 0 Å². The first-order chi connectivity index (χ1) is 7.33. The molecule has 0 aliphatic rings. The van der Waals surface area contributed by atoms with Crippen LogP contribution < -0.4 is 4.74 Å². The lowest BCUT2D eigenvalue weighted by molar-refractivity contribution is -0.274. The van der Waals surface area contributed by atoms with Crippen LogP contribution in [0, 0.1) is 17.2 Å². The Morgan fingerprint density at radius 1 is 1.31 bits per heavy atom. The van der Waals surface area contributed by atoms with Gasteiger partial charge in [0.2, 0.25) is 0 Å². The molecule has 0 saturated heterocycles. The number of nitrogens with zero attached hydrogens (tertiary/aromatic N) is 1. The van der Waals surface area contributed by atoms with Crippen molar-refractivity contribution in [2.45, 2.75) is 20.2 Å². The minimum atomic E-state index is -4.72. The van der Waals surface area contributed by atoms with E-state index in [4.69, 9.17) is 5.26 Å². The maximum absolute atomic E-state index is 12.1. The van der Waals surface area contributed by atoms with Gasteiger partial charge >= 0.3 is 6.36 Å². The van der Waals surface area contributed by atoms with Crippen LogP contribution in [0.25, 0.3) is 0 Å². The molecular weight excluding hydrogens is 219 g/mol. The summed E-state index contributed by atoms with van der Waals surface area (Å²) in [5, 5.41) is 8.64. The maximum Gasteiger partial charge on any atom is 0.573 e. The molecule has 0 fully saturated rings. The van der Waals surface area contributed by atoms with E-state index in [-0.39, 0.29) is 11.3 Å². The van der Waals surface area contributed by atoms with Gasteiger partial charge in [-0.1, -0.05) is 13.8 Å². The zero-order valence-electron chi connectivity index (χ0n) is 8.72. The third-order valence-corrected chi connectivity index (χ3v) is 1.87. The SMILES string of the molecule is C[C](C)c1cc(C#N)ccc1OC(F)(F)F. The first-order valence-electron chi connectivity index (χ1n) is 4.44. The molecule has 1 rings (SSSR count). The van der Waals surface area contributed by atoms with Gasteiger partial charge in [0.1, 0.15) is 5.75 Å². The van der Waals surface area contributed by atoms with E-state index < -0.39 is 6.36 Å². The van der Waals surface area contributed by atoms with Crippen molar-refractivity contribution < 1.29 is 17.9 Å². The molecule has 0 aromatic heterocycles. The average Bonchev–Trinajstić information content (AvgIpc) is 2.15. The van der Waals surface area contributed by atoms with E-state index in [1.54, 1.807) is 13.8 Å². The summed E-state index contributed by atoms with van der Waals surface area (Å²) in [6, 6.07) is 5.67. The van der Waals surface area contributed by atoms with Crippen LogP contribution in [-0.4, -0.2) is 6.36 Å². The standard InChI is InChI=1S/C11H9F3NO/c1-7(2)9-5-8(6-15)3-4-10(9)16-11(12,13)14/h3-5H,1-2H3. The molecule has 5 heteroatoms. The van der Waals surface area contributed by atoms with Gasteiger partial charge in [-0.3, -0.25) is 0 Å². The average molecular weight is 228 g/mol. The van der Waals surface area contributed by atoms with Crippen LogP contribution in [-0.2, 0) is 0 Å². The summed E-state index contributed by atoms with van der Waals surface area (Å²) in [6.07, 6.45) is -4.72. The molecule has 1 radical (unpaired) electrons. The number of benzene rings is 1. The Balaban J connectivity index is 3.14. The summed E-state index contributed by atoms with van der Waals surface area (Å²) in [7, 11) is 0. The quantitative estimate of drug-likeness (QED) is 0.776. The molecule has 0 amide bonds. The molecule has 0 unspecified atom stereocenters. The minimum Gasteiger partial charge on any atom is -0.405 e. The van der Waals surface area contributed by atoms with Crippen LogP contribution in [0.4, 0.5) is 13.2 Å². The van der Waals surface area contributed by atoms with Crippen molar-refractivity contribution >= 4 is 0 Å². The van der Waals surface area contributed by atoms with Gasteiger partial charge in [-0.15, -0.1) is 13.2 Å². The van der Waals surface area contributed by atoms with Crippen molar-refractivity contribution in [2.24, 2.45) is 0 Å². The highest BCUT2D eigenvalue weighted by atomic mass is 19.4. The molecule has 2 nitrogen and oxygen atoms in total. The fourth-order valence-corrected chi connectivity index (χ4v) is 1.20. The monoisotopic (exact) mass is 228 g/mol. The van der Waals surface area contributed by atoms with E-state index in [2.05, 4.69) is 4.74 Å². The Kier molecular flexibility index (Phi) is 3.43. The summed E-state index contributed by atoms with van der Waals surface area (Å²) >= 11 is 0. The van der Waals surface area contributed by atoms with Crippen LogP contribution in [0.1, 0.15) is 25.0 Å². The highest BCUT2D eigenvalue weighted by molar-refractivity contribution is 5.48. The second-order valence-electron chi connectivity index (χ2n) is 3.37. The van der Waals surface area contributed by atoms with Crippen molar-refractivity contribution in [2.75, 3.05) is 0 Å². The Morgan fingerprint density at radius 3 is 2.38 bits per heavy atom. The molecule has 0 bridgehead atoms. The van der Waals surface area contributed by atoms with Gasteiger partial charge in [-0.05, 0) is 18.2 Å². The molecule has 0 aliphatic carbocycles. The van der Waals surface area contributed by atoms with Crippen molar-refractivity contribution in [3.8, 4) is 11.8 Å². The molecule has 0 heterocycles. The van der Waals surface area contributed by atoms with E-state index in [9.17, 15) is 13.2 Å². The number of rotatable bonds is 2. The number of ether oxygens (including phenoxy) is 1. The molecule has 1 aromatic carbocycles. The number of hydrogen-bond acceptors (Lipinski definition) is 2. The van der Waals surface area contributed by atoms with E-state index in [0.29, 0.717) is 11.5 Å². The molecule has 0 saturated carbocycles. The van der Waals surface area contributed by atoms with Crippen LogP contribution >= 0.6 is 0 Å². The molecule has 16 heavy (non-hydrogen) atoms. The summed E-state index contributed by atoms with van der Waals surface area (Å²) in [6.45, 7) is 3.31. The topological polar surface area (TPSA) is 33.0 Å². The smallest absolute Gasteiger partial charge is 0.405 e. The second kappa shape index (κ2) is 4.44.